The van der Waals surface area contributed by atoms with Crippen LogP contribution < -0.4 is 4.74 Å². The van der Waals surface area contributed by atoms with Gasteiger partial charge in [-0.15, -0.1) is 13.2 Å². The Morgan fingerprint density at radius 1 is 1.03 bits per heavy atom. The monoisotopic (exact) mass is 432 g/mol. The van der Waals surface area contributed by atoms with Gasteiger partial charge in [0, 0.05) is 42.1 Å². The van der Waals surface area contributed by atoms with Gasteiger partial charge in [0.15, 0.2) is 0 Å². The molecule has 0 unspecified atom stereocenters. The Kier molecular flexibility index (Phi) is 5.26. The number of halogens is 4. The van der Waals surface area contributed by atoms with E-state index in [1.165, 1.54) is 24.3 Å². The van der Waals surface area contributed by atoms with Crippen LogP contribution >= 0.6 is 11.6 Å². The van der Waals surface area contributed by atoms with Gasteiger partial charge in [-0.05, 0) is 48.9 Å². The van der Waals surface area contributed by atoms with E-state index >= 15 is 0 Å². The molecule has 0 aliphatic heterocycles. The number of hydrogen-bond donors (Lipinski definition) is 0. The van der Waals surface area contributed by atoms with Crippen LogP contribution in [0.4, 0.5) is 13.2 Å². The van der Waals surface area contributed by atoms with Crippen molar-refractivity contribution in [3.63, 3.8) is 0 Å². The summed E-state index contributed by atoms with van der Waals surface area (Å²) in [6.07, 6.45) is 2.46. The lowest BCUT2D eigenvalue weighted by Gasteiger charge is -2.09. The molecule has 4 aromatic rings. The molecule has 30 heavy (non-hydrogen) atoms. The number of rotatable bonds is 5. The van der Waals surface area contributed by atoms with E-state index < -0.39 is 6.36 Å². The minimum absolute atomic E-state index is 0.268. The molecule has 5 nitrogen and oxygen atoms in total. The number of imidazole rings is 1. The summed E-state index contributed by atoms with van der Waals surface area (Å²) in [6.45, 7) is 2.65. The fourth-order valence-electron chi connectivity index (χ4n) is 3.06. The SMILES string of the molecule is Cc1cc(-c2cn(-c3ccc(OC(F)(F)F)cc3)cn2)cn1Cc1ccc(Cl)nc1. The zero-order valence-electron chi connectivity index (χ0n) is 15.8. The minimum atomic E-state index is -4.71. The fourth-order valence-corrected chi connectivity index (χ4v) is 3.17. The quantitative estimate of drug-likeness (QED) is 0.383. The molecule has 0 radical (unpaired) electrons. The number of pyridine rings is 1. The summed E-state index contributed by atoms with van der Waals surface area (Å²) in [5.41, 5.74) is 4.44. The van der Waals surface area contributed by atoms with Crippen LogP contribution in [-0.4, -0.2) is 25.5 Å². The topological polar surface area (TPSA) is 44.9 Å². The van der Waals surface area contributed by atoms with Crippen LogP contribution in [0.2, 0.25) is 5.15 Å². The molecular weight excluding hydrogens is 417 g/mol. The Labute approximate surface area is 175 Å². The zero-order chi connectivity index (χ0) is 21.3. The van der Waals surface area contributed by atoms with Gasteiger partial charge in [0.25, 0.3) is 0 Å². The molecule has 0 saturated heterocycles. The number of aryl methyl sites for hydroxylation is 1. The maximum atomic E-state index is 12.3. The van der Waals surface area contributed by atoms with E-state index in [0.29, 0.717) is 17.4 Å². The highest BCUT2D eigenvalue weighted by Crippen LogP contribution is 2.25. The van der Waals surface area contributed by atoms with E-state index in [9.17, 15) is 13.2 Å². The zero-order valence-corrected chi connectivity index (χ0v) is 16.5. The molecule has 3 aromatic heterocycles. The fraction of sp³-hybridized carbons (Fsp3) is 0.143. The average Bonchev–Trinajstić information content (AvgIpc) is 3.30. The highest BCUT2D eigenvalue weighted by Gasteiger charge is 2.30. The molecule has 0 saturated carbocycles. The first-order chi connectivity index (χ1) is 14.3. The Hall–Kier alpha value is -3.26. The summed E-state index contributed by atoms with van der Waals surface area (Å²) < 4.78 is 44.6. The molecule has 9 heteroatoms. The molecule has 0 aliphatic rings. The molecule has 0 fully saturated rings. The summed E-state index contributed by atoms with van der Waals surface area (Å²) in [6, 6.07) is 11.3. The molecule has 4 rings (SSSR count). The van der Waals surface area contributed by atoms with Crippen LogP contribution in [0.1, 0.15) is 11.3 Å². The maximum Gasteiger partial charge on any atom is 0.573 e. The van der Waals surface area contributed by atoms with Crippen molar-refractivity contribution in [3.8, 4) is 22.7 Å². The molecular formula is C21H16ClF3N4O. The Morgan fingerprint density at radius 2 is 1.80 bits per heavy atom. The first-order valence-electron chi connectivity index (χ1n) is 8.94. The van der Waals surface area contributed by atoms with Gasteiger partial charge >= 0.3 is 6.36 Å². The number of nitrogens with zero attached hydrogens (tertiary/aromatic N) is 4. The third-order valence-electron chi connectivity index (χ3n) is 4.50. The highest BCUT2D eigenvalue weighted by molar-refractivity contribution is 6.29. The highest BCUT2D eigenvalue weighted by atomic mass is 35.5. The van der Waals surface area contributed by atoms with Gasteiger partial charge < -0.3 is 13.9 Å². The van der Waals surface area contributed by atoms with Crippen LogP contribution in [0.15, 0.2) is 67.4 Å². The summed E-state index contributed by atoms with van der Waals surface area (Å²) in [4.78, 5) is 8.52. The maximum absolute atomic E-state index is 12.3. The minimum Gasteiger partial charge on any atom is -0.406 e. The van der Waals surface area contributed by atoms with E-state index in [4.69, 9.17) is 11.6 Å². The first kappa shape index (κ1) is 20.0. The van der Waals surface area contributed by atoms with Crippen molar-refractivity contribution >= 4 is 11.6 Å². The third kappa shape index (κ3) is 4.65. The molecule has 0 aliphatic carbocycles. The lowest BCUT2D eigenvalue weighted by Crippen LogP contribution is -2.17. The Morgan fingerprint density at radius 3 is 2.47 bits per heavy atom. The molecule has 0 N–H and O–H groups in total. The van der Waals surface area contributed by atoms with Crippen molar-refractivity contribution < 1.29 is 17.9 Å². The van der Waals surface area contributed by atoms with Gasteiger partial charge in [-0.3, -0.25) is 0 Å². The van der Waals surface area contributed by atoms with Crippen molar-refractivity contribution in [1.29, 1.82) is 0 Å². The number of ether oxygens (including phenoxy) is 1. The van der Waals surface area contributed by atoms with Gasteiger partial charge in [-0.25, -0.2) is 9.97 Å². The molecule has 0 atom stereocenters. The normalized spacial score (nSPS) is 11.6. The molecule has 3 heterocycles. The molecule has 0 amide bonds. The Balaban J connectivity index is 1.52. The number of alkyl halides is 3. The smallest absolute Gasteiger partial charge is 0.406 e. The molecule has 0 spiro atoms. The summed E-state index contributed by atoms with van der Waals surface area (Å²) in [7, 11) is 0. The van der Waals surface area contributed by atoms with Crippen molar-refractivity contribution in [3.05, 3.63) is 83.8 Å². The second-order valence-corrected chi connectivity index (χ2v) is 7.08. The predicted octanol–water partition coefficient (Wildman–Crippen LogP) is 5.64. The van der Waals surface area contributed by atoms with Gasteiger partial charge in [0.05, 0.1) is 12.0 Å². The predicted molar refractivity (Wildman–Crippen MR) is 107 cm³/mol. The van der Waals surface area contributed by atoms with Crippen molar-refractivity contribution in [1.82, 2.24) is 19.1 Å². The Bertz CT molecular complexity index is 1150. The molecule has 0 bridgehead atoms. The van der Waals surface area contributed by atoms with Gasteiger partial charge in [-0.2, -0.15) is 0 Å². The van der Waals surface area contributed by atoms with Gasteiger partial charge in [0.2, 0.25) is 0 Å². The third-order valence-corrected chi connectivity index (χ3v) is 4.72. The van der Waals surface area contributed by atoms with Crippen LogP contribution in [0.5, 0.6) is 5.75 Å². The molecule has 154 valence electrons. The lowest BCUT2D eigenvalue weighted by atomic mass is 10.2. The number of aromatic nitrogens is 4. The largest absolute Gasteiger partial charge is 0.573 e. The van der Waals surface area contributed by atoms with E-state index in [0.717, 1.165) is 22.5 Å². The van der Waals surface area contributed by atoms with E-state index in [2.05, 4.69) is 19.3 Å². The summed E-state index contributed by atoms with van der Waals surface area (Å²) >= 11 is 5.83. The second-order valence-electron chi connectivity index (χ2n) is 6.70. The van der Waals surface area contributed by atoms with Crippen molar-refractivity contribution in [2.75, 3.05) is 0 Å². The molecule has 1 aromatic carbocycles. The van der Waals surface area contributed by atoms with E-state index in [1.54, 1.807) is 23.2 Å². The summed E-state index contributed by atoms with van der Waals surface area (Å²) in [5.74, 6) is -0.268. The number of hydrogen-bond acceptors (Lipinski definition) is 3. The second kappa shape index (κ2) is 7.87. The average molecular weight is 433 g/mol. The van der Waals surface area contributed by atoms with Crippen LogP contribution in [0.3, 0.4) is 0 Å². The van der Waals surface area contributed by atoms with Crippen molar-refractivity contribution in [2.24, 2.45) is 0 Å². The van der Waals surface area contributed by atoms with Crippen LogP contribution in [-0.2, 0) is 6.54 Å². The van der Waals surface area contributed by atoms with Gasteiger partial charge in [-0.1, -0.05) is 17.7 Å². The number of benzene rings is 1. The van der Waals surface area contributed by atoms with Crippen molar-refractivity contribution in [2.45, 2.75) is 19.8 Å². The lowest BCUT2D eigenvalue weighted by molar-refractivity contribution is -0.274. The van der Waals surface area contributed by atoms with E-state index in [-0.39, 0.29) is 5.75 Å². The standard InChI is InChI=1S/C21H16ClF3N4O/c1-14-8-16(11-28(14)10-15-2-7-20(22)26-9-15)19-12-29(13-27-19)17-3-5-18(6-4-17)30-21(23,24)25/h2-9,11-13H,10H2,1H3. The first-order valence-corrected chi connectivity index (χ1v) is 9.32. The van der Waals surface area contributed by atoms with Crippen LogP contribution in [0, 0.1) is 6.92 Å². The van der Waals surface area contributed by atoms with Crippen LogP contribution in [0.25, 0.3) is 16.9 Å². The van der Waals surface area contributed by atoms with Gasteiger partial charge in [0.1, 0.15) is 10.9 Å². The summed E-state index contributed by atoms with van der Waals surface area (Å²) in [5, 5.41) is 0.451. The van der Waals surface area contributed by atoms with E-state index in [1.807, 2.05) is 31.5 Å².